The van der Waals surface area contributed by atoms with Gasteiger partial charge < -0.3 is 10.8 Å². The first-order chi connectivity index (χ1) is 9.25. The van der Waals surface area contributed by atoms with Crippen LogP contribution in [0.3, 0.4) is 0 Å². The van der Waals surface area contributed by atoms with Crippen LogP contribution in [0.4, 0.5) is 0 Å². The summed E-state index contributed by atoms with van der Waals surface area (Å²) >= 11 is 0. The van der Waals surface area contributed by atoms with Gasteiger partial charge in [0.05, 0.1) is 5.41 Å². The number of hydrogen-bond acceptors (Lipinski definition) is 2. The van der Waals surface area contributed by atoms with Crippen molar-refractivity contribution in [3.8, 4) is 0 Å². The second-order valence-electron chi connectivity index (χ2n) is 6.66. The van der Waals surface area contributed by atoms with E-state index in [-0.39, 0.29) is 12.0 Å². The molecule has 0 radical (unpaired) electrons. The number of carbonyl (C=O) groups is 1. The molecule has 0 saturated carbocycles. The van der Waals surface area contributed by atoms with Crippen LogP contribution in [-0.4, -0.2) is 17.6 Å². The number of aliphatic carboxylic acids is 1. The van der Waals surface area contributed by atoms with Crippen LogP contribution >= 0.6 is 0 Å². The van der Waals surface area contributed by atoms with Crippen LogP contribution in [-0.2, 0) is 16.6 Å². The summed E-state index contributed by atoms with van der Waals surface area (Å²) in [6.07, 6.45) is 1.93. The Kier molecular flexibility index (Phi) is 5.35. The number of carboxylic acid groups (broad SMARTS) is 1. The Morgan fingerprint density at radius 1 is 1.20 bits per heavy atom. The molecule has 0 heterocycles. The molecule has 0 aliphatic heterocycles. The Morgan fingerprint density at radius 2 is 1.75 bits per heavy atom. The molecule has 0 aromatic heterocycles. The van der Waals surface area contributed by atoms with Gasteiger partial charge in [0.1, 0.15) is 0 Å². The predicted molar refractivity (Wildman–Crippen MR) is 82.9 cm³/mol. The van der Waals surface area contributed by atoms with Crippen LogP contribution in [0.5, 0.6) is 0 Å². The SMILES string of the molecule is CCCC(CN)(Cc1ccc(C(C)(C)C)cc1)C(=O)O. The fraction of sp³-hybridized carbons (Fsp3) is 0.588. The molecule has 0 aliphatic rings. The van der Waals surface area contributed by atoms with Crippen molar-refractivity contribution in [1.29, 1.82) is 0 Å². The average molecular weight is 277 g/mol. The zero-order valence-corrected chi connectivity index (χ0v) is 13.1. The Morgan fingerprint density at radius 3 is 2.10 bits per heavy atom. The van der Waals surface area contributed by atoms with E-state index in [0.29, 0.717) is 12.8 Å². The lowest BCUT2D eigenvalue weighted by Gasteiger charge is -2.28. The molecule has 0 saturated heterocycles. The average Bonchev–Trinajstić information content (AvgIpc) is 2.37. The van der Waals surface area contributed by atoms with E-state index in [1.165, 1.54) is 5.56 Å². The lowest BCUT2D eigenvalue weighted by Crippen LogP contribution is -2.40. The van der Waals surface area contributed by atoms with Gasteiger partial charge in [0, 0.05) is 6.54 Å². The smallest absolute Gasteiger partial charge is 0.311 e. The highest BCUT2D eigenvalue weighted by Crippen LogP contribution is 2.29. The Labute approximate surface area is 122 Å². The molecule has 0 fully saturated rings. The Hall–Kier alpha value is -1.35. The monoisotopic (exact) mass is 277 g/mol. The van der Waals surface area contributed by atoms with E-state index < -0.39 is 11.4 Å². The Balaban J connectivity index is 2.98. The molecule has 3 heteroatoms. The van der Waals surface area contributed by atoms with Gasteiger partial charge in [0.25, 0.3) is 0 Å². The fourth-order valence-corrected chi connectivity index (χ4v) is 2.52. The molecular formula is C17H27NO2. The van der Waals surface area contributed by atoms with Gasteiger partial charge in [-0.1, -0.05) is 58.4 Å². The molecule has 0 amide bonds. The summed E-state index contributed by atoms with van der Waals surface area (Å²) in [6.45, 7) is 8.68. The second-order valence-corrected chi connectivity index (χ2v) is 6.66. The highest BCUT2D eigenvalue weighted by molar-refractivity contribution is 5.75. The van der Waals surface area contributed by atoms with Crippen molar-refractivity contribution in [3.05, 3.63) is 35.4 Å². The minimum absolute atomic E-state index is 0.111. The van der Waals surface area contributed by atoms with Gasteiger partial charge in [0.15, 0.2) is 0 Å². The van der Waals surface area contributed by atoms with E-state index in [1.807, 2.05) is 19.1 Å². The Bertz CT molecular complexity index is 445. The summed E-state index contributed by atoms with van der Waals surface area (Å²) in [6, 6.07) is 8.24. The van der Waals surface area contributed by atoms with Crippen molar-refractivity contribution < 1.29 is 9.90 Å². The van der Waals surface area contributed by atoms with Gasteiger partial charge in [-0.15, -0.1) is 0 Å². The highest BCUT2D eigenvalue weighted by Gasteiger charge is 2.36. The van der Waals surface area contributed by atoms with Gasteiger partial charge >= 0.3 is 5.97 Å². The third-order valence-electron chi connectivity index (χ3n) is 3.94. The van der Waals surface area contributed by atoms with Gasteiger partial charge in [-0.25, -0.2) is 0 Å². The van der Waals surface area contributed by atoms with Crippen LogP contribution in [0, 0.1) is 5.41 Å². The van der Waals surface area contributed by atoms with Crippen molar-refractivity contribution in [1.82, 2.24) is 0 Å². The maximum absolute atomic E-state index is 11.6. The van der Waals surface area contributed by atoms with E-state index >= 15 is 0 Å². The van der Waals surface area contributed by atoms with E-state index in [9.17, 15) is 9.90 Å². The first-order valence-corrected chi connectivity index (χ1v) is 7.28. The molecule has 1 aromatic rings. The first kappa shape index (κ1) is 16.7. The molecule has 0 aliphatic carbocycles. The van der Waals surface area contributed by atoms with Crippen LogP contribution in [0.2, 0.25) is 0 Å². The van der Waals surface area contributed by atoms with E-state index in [0.717, 1.165) is 12.0 Å². The van der Waals surface area contributed by atoms with E-state index in [1.54, 1.807) is 0 Å². The van der Waals surface area contributed by atoms with Gasteiger partial charge in [-0.2, -0.15) is 0 Å². The minimum Gasteiger partial charge on any atom is -0.481 e. The van der Waals surface area contributed by atoms with Crippen molar-refractivity contribution >= 4 is 5.97 Å². The van der Waals surface area contributed by atoms with Crippen molar-refractivity contribution in [2.24, 2.45) is 11.1 Å². The molecule has 3 nitrogen and oxygen atoms in total. The quantitative estimate of drug-likeness (QED) is 0.838. The molecule has 1 rings (SSSR count). The van der Waals surface area contributed by atoms with Crippen LogP contribution in [0.1, 0.15) is 51.7 Å². The number of rotatable bonds is 6. The molecule has 0 bridgehead atoms. The molecule has 1 unspecified atom stereocenters. The molecular weight excluding hydrogens is 250 g/mol. The highest BCUT2D eigenvalue weighted by atomic mass is 16.4. The topological polar surface area (TPSA) is 63.3 Å². The zero-order valence-electron chi connectivity index (χ0n) is 13.1. The largest absolute Gasteiger partial charge is 0.481 e. The molecule has 0 spiro atoms. The first-order valence-electron chi connectivity index (χ1n) is 7.28. The van der Waals surface area contributed by atoms with Gasteiger partial charge in [0.2, 0.25) is 0 Å². The predicted octanol–water partition coefficient (Wildman–Crippen LogP) is 3.36. The summed E-state index contributed by atoms with van der Waals surface area (Å²) in [5.74, 6) is -0.790. The third kappa shape index (κ3) is 3.83. The van der Waals surface area contributed by atoms with Gasteiger partial charge in [-0.3, -0.25) is 4.79 Å². The van der Waals surface area contributed by atoms with Crippen molar-refractivity contribution in [3.63, 3.8) is 0 Å². The van der Waals surface area contributed by atoms with Crippen LogP contribution in [0.25, 0.3) is 0 Å². The lowest BCUT2D eigenvalue weighted by atomic mass is 9.77. The van der Waals surface area contributed by atoms with E-state index in [2.05, 4.69) is 32.9 Å². The molecule has 20 heavy (non-hydrogen) atoms. The molecule has 1 aromatic carbocycles. The van der Waals surface area contributed by atoms with Crippen LogP contribution < -0.4 is 5.73 Å². The number of hydrogen-bond donors (Lipinski definition) is 2. The summed E-state index contributed by atoms with van der Waals surface area (Å²) in [5.41, 5.74) is 7.33. The molecule has 112 valence electrons. The number of nitrogens with two attached hydrogens (primary N) is 1. The second kappa shape index (κ2) is 6.40. The van der Waals surface area contributed by atoms with Crippen molar-refractivity contribution in [2.45, 2.75) is 52.4 Å². The summed E-state index contributed by atoms with van der Waals surface area (Å²) in [5, 5.41) is 9.52. The van der Waals surface area contributed by atoms with E-state index in [4.69, 9.17) is 5.73 Å². The zero-order chi connectivity index (χ0) is 15.4. The molecule has 1 atom stereocenters. The summed E-state index contributed by atoms with van der Waals surface area (Å²) in [4.78, 5) is 11.6. The normalized spacial score (nSPS) is 14.8. The van der Waals surface area contributed by atoms with Crippen molar-refractivity contribution in [2.75, 3.05) is 6.54 Å². The lowest BCUT2D eigenvalue weighted by molar-refractivity contribution is -0.148. The maximum atomic E-state index is 11.6. The minimum atomic E-state index is -0.835. The standard InChI is InChI=1S/C17H27NO2/c1-5-10-17(12-18,15(19)20)11-13-6-8-14(9-7-13)16(2,3)4/h6-9H,5,10-12,18H2,1-4H3,(H,19,20). The molecule has 3 N–H and O–H groups in total. The summed E-state index contributed by atoms with van der Waals surface area (Å²) in [7, 11) is 0. The number of benzene rings is 1. The van der Waals surface area contributed by atoms with Gasteiger partial charge in [-0.05, 0) is 29.4 Å². The number of carboxylic acids is 1. The summed E-state index contributed by atoms with van der Waals surface area (Å²) < 4.78 is 0. The fourth-order valence-electron chi connectivity index (χ4n) is 2.52. The van der Waals surface area contributed by atoms with Crippen LogP contribution in [0.15, 0.2) is 24.3 Å². The maximum Gasteiger partial charge on any atom is 0.311 e. The third-order valence-corrected chi connectivity index (χ3v) is 3.94.